The van der Waals surface area contributed by atoms with Gasteiger partial charge in [0, 0.05) is 0 Å². The van der Waals surface area contributed by atoms with Crippen LogP contribution in [0.2, 0.25) is 0 Å². The second-order valence-corrected chi connectivity index (χ2v) is 3.90. The van der Waals surface area contributed by atoms with Gasteiger partial charge in [-0.15, -0.1) is 0 Å². The van der Waals surface area contributed by atoms with Gasteiger partial charge in [-0.1, -0.05) is 18.2 Å². The van der Waals surface area contributed by atoms with E-state index in [0.717, 1.165) is 11.3 Å². The van der Waals surface area contributed by atoms with Crippen LogP contribution >= 0.6 is 0 Å². The van der Waals surface area contributed by atoms with Crippen molar-refractivity contribution in [1.82, 2.24) is 0 Å². The van der Waals surface area contributed by atoms with Crippen LogP contribution in [0.4, 0.5) is 5.69 Å². The summed E-state index contributed by atoms with van der Waals surface area (Å²) in [4.78, 5) is 0. The lowest BCUT2D eigenvalue weighted by atomic mass is 10.2. The van der Waals surface area contributed by atoms with Crippen molar-refractivity contribution in [2.75, 3.05) is 12.0 Å². The van der Waals surface area contributed by atoms with Crippen molar-refractivity contribution >= 4 is 11.9 Å². The van der Waals surface area contributed by atoms with E-state index in [1.807, 2.05) is 37.3 Å². The quantitative estimate of drug-likeness (QED) is 0.638. The Morgan fingerprint density at radius 3 is 2.74 bits per heavy atom. The van der Waals surface area contributed by atoms with E-state index in [0.29, 0.717) is 12.4 Å². The van der Waals surface area contributed by atoms with Crippen molar-refractivity contribution in [2.45, 2.75) is 6.92 Å². The number of ether oxygens (including phenoxy) is 1. The molecule has 0 aliphatic carbocycles. The van der Waals surface area contributed by atoms with Gasteiger partial charge >= 0.3 is 0 Å². The molecule has 0 heterocycles. The molecule has 0 aliphatic heterocycles. The molecule has 0 atom stereocenters. The first-order valence-corrected chi connectivity index (χ1v) is 6.09. The number of aromatic hydroxyl groups is 1. The van der Waals surface area contributed by atoms with E-state index >= 15 is 0 Å². The molecule has 0 amide bonds. The van der Waals surface area contributed by atoms with E-state index in [9.17, 15) is 5.11 Å². The fraction of sp³-hybridized carbons (Fsp3) is 0.133. The lowest BCUT2D eigenvalue weighted by molar-refractivity contribution is 0.318. The zero-order valence-corrected chi connectivity index (χ0v) is 10.7. The van der Waals surface area contributed by atoms with Crippen LogP contribution in [0.15, 0.2) is 53.6 Å². The van der Waals surface area contributed by atoms with Gasteiger partial charge in [0.1, 0.15) is 0 Å². The zero-order chi connectivity index (χ0) is 13.5. The van der Waals surface area contributed by atoms with Gasteiger partial charge in [-0.25, -0.2) is 0 Å². The number of para-hydroxylation sites is 1. The molecule has 0 saturated heterocycles. The molecule has 0 aromatic heterocycles. The maximum atomic E-state index is 9.58. The summed E-state index contributed by atoms with van der Waals surface area (Å²) in [6.45, 7) is 2.38. The van der Waals surface area contributed by atoms with Crippen molar-refractivity contribution in [3.8, 4) is 11.5 Å². The van der Waals surface area contributed by atoms with Crippen LogP contribution in [0.5, 0.6) is 11.5 Å². The summed E-state index contributed by atoms with van der Waals surface area (Å²) in [5.74, 6) is 0.598. The molecular weight excluding hydrogens is 240 g/mol. The number of hydrazone groups is 1. The summed E-state index contributed by atoms with van der Waals surface area (Å²) in [5.41, 5.74) is 4.70. The standard InChI is InChI=1S/C15H16N2O2/c1-2-19-15-10-12(8-9-14(15)18)11-16-17-13-6-4-3-5-7-13/h3-11,17-18H,2H2,1H3. The molecular formula is C15H16N2O2. The third-order valence-corrected chi connectivity index (χ3v) is 2.46. The molecule has 0 radical (unpaired) electrons. The maximum Gasteiger partial charge on any atom is 0.161 e. The normalized spacial score (nSPS) is 10.6. The van der Waals surface area contributed by atoms with Crippen molar-refractivity contribution in [3.63, 3.8) is 0 Å². The second kappa shape index (κ2) is 6.44. The fourth-order valence-electron chi connectivity index (χ4n) is 1.58. The Hall–Kier alpha value is -2.49. The van der Waals surface area contributed by atoms with Crippen molar-refractivity contribution < 1.29 is 9.84 Å². The third-order valence-electron chi connectivity index (χ3n) is 2.46. The summed E-state index contributed by atoms with van der Waals surface area (Å²) in [7, 11) is 0. The number of nitrogens with zero attached hydrogens (tertiary/aromatic N) is 1. The van der Waals surface area contributed by atoms with Gasteiger partial charge in [0.05, 0.1) is 18.5 Å². The summed E-state index contributed by atoms with van der Waals surface area (Å²) in [6.07, 6.45) is 1.68. The van der Waals surface area contributed by atoms with Gasteiger partial charge in [0.15, 0.2) is 11.5 Å². The Morgan fingerprint density at radius 1 is 1.21 bits per heavy atom. The van der Waals surface area contributed by atoms with Crippen LogP contribution in [0, 0.1) is 0 Å². The number of hydrogen-bond acceptors (Lipinski definition) is 4. The Bertz CT molecular complexity index is 553. The Labute approximate surface area is 112 Å². The van der Waals surface area contributed by atoms with Crippen molar-refractivity contribution in [3.05, 3.63) is 54.1 Å². The Balaban J connectivity index is 2.04. The first-order valence-electron chi connectivity index (χ1n) is 6.09. The highest BCUT2D eigenvalue weighted by Gasteiger charge is 2.01. The Kier molecular flexibility index (Phi) is 4.39. The monoisotopic (exact) mass is 256 g/mol. The summed E-state index contributed by atoms with van der Waals surface area (Å²) in [5, 5.41) is 13.7. The van der Waals surface area contributed by atoms with Gasteiger partial charge in [0.25, 0.3) is 0 Å². The number of hydrogen-bond donors (Lipinski definition) is 2. The largest absolute Gasteiger partial charge is 0.504 e. The third kappa shape index (κ3) is 3.74. The van der Waals surface area contributed by atoms with Crippen LogP contribution < -0.4 is 10.2 Å². The maximum absolute atomic E-state index is 9.58. The zero-order valence-electron chi connectivity index (χ0n) is 10.7. The molecule has 2 aromatic carbocycles. The van der Waals surface area contributed by atoms with E-state index in [1.54, 1.807) is 24.4 Å². The smallest absolute Gasteiger partial charge is 0.161 e. The minimum absolute atomic E-state index is 0.134. The average Bonchev–Trinajstić information content (AvgIpc) is 2.44. The summed E-state index contributed by atoms with van der Waals surface area (Å²) < 4.78 is 5.31. The molecule has 0 bridgehead atoms. The van der Waals surface area contributed by atoms with E-state index in [2.05, 4.69) is 10.5 Å². The predicted molar refractivity (Wildman–Crippen MR) is 76.9 cm³/mol. The van der Waals surface area contributed by atoms with E-state index in [1.165, 1.54) is 0 Å². The molecule has 0 saturated carbocycles. The molecule has 4 heteroatoms. The molecule has 0 aliphatic rings. The van der Waals surface area contributed by atoms with Gasteiger partial charge in [-0.3, -0.25) is 5.43 Å². The highest BCUT2D eigenvalue weighted by Crippen LogP contribution is 2.26. The average molecular weight is 256 g/mol. The van der Waals surface area contributed by atoms with Crippen LogP contribution in [0.3, 0.4) is 0 Å². The van der Waals surface area contributed by atoms with Crippen LogP contribution in [0.25, 0.3) is 0 Å². The molecule has 0 fully saturated rings. The van der Waals surface area contributed by atoms with Crippen molar-refractivity contribution in [1.29, 1.82) is 0 Å². The first kappa shape index (κ1) is 13.0. The SMILES string of the molecule is CCOc1cc(C=NNc2ccccc2)ccc1O. The first-order chi connectivity index (χ1) is 9.29. The predicted octanol–water partition coefficient (Wildman–Crippen LogP) is 3.24. The second-order valence-electron chi connectivity index (χ2n) is 3.90. The van der Waals surface area contributed by atoms with E-state index < -0.39 is 0 Å². The highest BCUT2D eigenvalue weighted by molar-refractivity contribution is 5.81. The minimum atomic E-state index is 0.134. The molecule has 4 nitrogen and oxygen atoms in total. The lowest BCUT2D eigenvalue weighted by Crippen LogP contribution is -1.94. The van der Waals surface area contributed by atoms with Gasteiger partial charge < -0.3 is 9.84 Å². The van der Waals surface area contributed by atoms with E-state index in [-0.39, 0.29) is 5.75 Å². The molecule has 2 N–H and O–H groups in total. The number of phenolic OH excluding ortho intramolecular Hbond substituents is 1. The molecule has 0 unspecified atom stereocenters. The summed E-state index contributed by atoms with van der Waals surface area (Å²) >= 11 is 0. The molecule has 19 heavy (non-hydrogen) atoms. The number of benzene rings is 2. The number of phenols is 1. The van der Waals surface area contributed by atoms with Gasteiger partial charge in [-0.05, 0) is 42.8 Å². The molecule has 2 rings (SSSR count). The number of anilines is 1. The fourth-order valence-corrected chi connectivity index (χ4v) is 1.58. The number of nitrogens with one attached hydrogen (secondary N) is 1. The van der Waals surface area contributed by atoms with Crippen LogP contribution in [-0.4, -0.2) is 17.9 Å². The summed E-state index contributed by atoms with van der Waals surface area (Å²) in [6, 6.07) is 14.8. The molecule has 98 valence electrons. The topological polar surface area (TPSA) is 53.8 Å². The minimum Gasteiger partial charge on any atom is -0.504 e. The Morgan fingerprint density at radius 2 is 2.00 bits per heavy atom. The lowest BCUT2D eigenvalue weighted by Gasteiger charge is -2.06. The highest BCUT2D eigenvalue weighted by atomic mass is 16.5. The van der Waals surface area contributed by atoms with Crippen molar-refractivity contribution in [2.24, 2.45) is 5.10 Å². The van der Waals surface area contributed by atoms with Crippen LogP contribution in [-0.2, 0) is 0 Å². The number of rotatable bonds is 5. The van der Waals surface area contributed by atoms with E-state index in [4.69, 9.17) is 4.74 Å². The molecule has 2 aromatic rings. The van der Waals surface area contributed by atoms with Gasteiger partial charge in [-0.2, -0.15) is 5.10 Å². The van der Waals surface area contributed by atoms with Crippen LogP contribution in [0.1, 0.15) is 12.5 Å². The molecule has 0 spiro atoms. The van der Waals surface area contributed by atoms with Gasteiger partial charge in [0.2, 0.25) is 0 Å².